The number of methoxy groups -OCH3 is 2. The highest BCUT2D eigenvalue weighted by Crippen LogP contribution is 2.37. The normalized spacial score (nSPS) is 17.5. The van der Waals surface area contributed by atoms with E-state index in [1.807, 2.05) is 0 Å². The van der Waals surface area contributed by atoms with E-state index in [1.165, 1.54) is 14.2 Å². The van der Waals surface area contributed by atoms with Gasteiger partial charge in [-0.05, 0) is 17.7 Å². The average molecular weight is 297 g/mol. The van der Waals surface area contributed by atoms with Gasteiger partial charge in [0.05, 0.1) is 19.8 Å². The fourth-order valence-corrected chi connectivity index (χ4v) is 2.42. The van der Waals surface area contributed by atoms with Crippen LogP contribution in [0.15, 0.2) is 12.1 Å². The van der Waals surface area contributed by atoms with Crippen molar-refractivity contribution in [2.24, 2.45) is 0 Å². The van der Waals surface area contributed by atoms with E-state index in [1.54, 1.807) is 12.1 Å². The molecule has 0 unspecified atom stereocenters. The van der Waals surface area contributed by atoms with Crippen LogP contribution >= 0.6 is 0 Å². The molecule has 21 heavy (non-hydrogen) atoms. The molecule has 1 aliphatic heterocycles. The topological polar surface area (TPSA) is 80.2 Å². The van der Waals surface area contributed by atoms with Gasteiger partial charge in [0.15, 0.2) is 11.5 Å². The smallest absolute Gasteiger partial charge is 0.200 e. The van der Waals surface area contributed by atoms with Gasteiger partial charge in [-0.1, -0.05) is 0 Å². The van der Waals surface area contributed by atoms with Crippen LogP contribution in [0.5, 0.6) is 17.2 Å². The van der Waals surface area contributed by atoms with Crippen molar-refractivity contribution in [3.63, 3.8) is 0 Å². The Morgan fingerprint density at radius 2 is 1.76 bits per heavy atom. The highest BCUT2D eigenvalue weighted by molar-refractivity contribution is 5.52. The summed E-state index contributed by atoms with van der Waals surface area (Å²) in [6.45, 7) is 2.25. The lowest BCUT2D eigenvalue weighted by Crippen LogP contribution is -2.44. The van der Waals surface area contributed by atoms with E-state index in [9.17, 15) is 10.2 Å². The van der Waals surface area contributed by atoms with Gasteiger partial charge in [-0.2, -0.15) is 0 Å². The molecule has 0 spiro atoms. The van der Waals surface area contributed by atoms with E-state index in [0.717, 1.165) is 5.56 Å². The molecule has 1 aromatic carbocycles. The molecule has 0 aromatic heterocycles. The molecular weight excluding hydrogens is 274 g/mol. The lowest BCUT2D eigenvalue weighted by atomic mass is 9.94. The van der Waals surface area contributed by atoms with Gasteiger partial charge in [-0.3, -0.25) is 0 Å². The molecule has 2 rings (SSSR count). The molecule has 0 atom stereocenters. The molecule has 6 heteroatoms. The monoisotopic (exact) mass is 297 g/mol. The summed E-state index contributed by atoms with van der Waals surface area (Å²) in [6.07, 6.45) is 1.28. The summed E-state index contributed by atoms with van der Waals surface area (Å²) in [5.74, 6) is 0.735. The van der Waals surface area contributed by atoms with Gasteiger partial charge in [-0.15, -0.1) is 0 Å². The van der Waals surface area contributed by atoms with Gasteiger partial charge >= 0.3 is 0 Å². The molecule has 1 aromatic rings. The fourth-order valence-electron chi connectivity index (χ4n) is 2.42. The van der Waals surface area contributed by atoms with Crippen LogP contribution < -0.4 is 14.8 Å². The molecule has 1 heterocycles. The van der Waals surface area contributed by atoms with Crippen LogP contribution in [-0.4, -0.2) is 49.8 Å². The van der Waals surface area contributed by atoms with Crippen molar-refractivity contribution in [3.8, 4) is 17.2 Å². The third-order valence-electron chi connectivity index (χ3n) is 3.75. The van der Waals surface area contributed by atoms with Crippen LogP contribution in [0.2, 0.25) is 0 Å². The van der Waals surface area contributed by atoms with Gasteiger partial charge in [0.1, 0.15) is 0 Å². The number of phenolic OH excluding ortho intramolecular Hbond substituents is 1. The highest BCUT2D eigenvalue weighted by atomic mass is 16.5. The Morgan fingerprint density at radius 3 is 2.29 bits per heavy atom. The minimum atomic E-state index is -0.705. The standard InChI is InChI=1S/C15H23NO5/c1-19-12-7-11(8-13(20-2)14(12)17)9-16-10-15(18)3-5-21-6-4-15/h7-8,16-18H,3-6,9-10H2,1-2H3. The van der Waals surface area contributed by atoms with Crippen LogP contribution in [0, 0.1) is 0 Å². The Balaban J connectivity index is 1.96. The van der Waals surface area contributed by atoms with E-state index in [4.69, 9.17) is 14.2 Å². The number of hydrogen-bond donors (Lipinski definition) is 3. The summed E-state index contributed by atoms with van der Waals surface area (Å²) < 4.78 is 15.5. The van der Waals surface area contributed by atoms with Crippen molar-refractivity contribution >= 4 is 0 Å². The zero-order valence-corrected chi connectivity index (χ0v) is 12.5. The molecule has 0 aliphatic carbocycles. The second kappa shape index (κ2) is 6.98. The number of hydrogen-bond acceptors (Lipinski definition) is 6. The van der Waals surface area contributed by atoms with Gasteiger partial charge in [0.25, 0.3) is 0 Å². The number of aliphatic hydroxyl groups is 1. The van der Waals surface area contributed by atoms with Crippen LogP contribution in [0.25, 0.3) is 0 Å². The summed E-state index contributed by atoms with van der Waals surface area (Å²) in [7, 11) is 2.99. The number of phenols is 1. The number of benzene rings is 1. The number of nitrogens with one attached hydrogen (secondary N) is 1. The van der Waals surface area contributed by atoms with E-state index in [-0.39, 0.29) is 5.75 Å². The van der Waals surface area contributed by atoms with Gasteiger partial charge in [-0.25, -0.2) is 0 Å². The van der Waals surface area contributed by atoms with Crippen LogP contribution in [0.4, 0.5) is 0 Å². The maximum absolute atomic E-state index is 10.4. The van der Waals surface area contributed by atoms with Gasteiger partial charge in [0.2, 0.25) is 5.75 Å². The molecule has 0 amide bonds. The van der Waals surface area contributed by atoms with Crippen molar-refractivity contribution in [2.75, 3.05) is 34.0 Å². The summed E-state index contributed by atoms with van der Waals surface area (Å²) in [6, 6.07) is 3.50. The maximum Gasteiger partial charge on any atom is 0.200 e. The minimum Gasteiger partial charge on any atom is -0.502 e. The second-order valence-electron chi connectivity index (χ2n) is 5.29. The average Bonchev–Trinajstić information content (AvgIpc) is 2.49. The summed E-state index contributed by atoms with van der Waals surface area (Å²) in [5, 5.41) is 23.5. The van der Waals surface area contributed by atoms with E-state index < -0.39 is 5.60 Å². The highest BCUT2D eigenvalue weighted by Gasteiger charge is 2.29. The minimum absolute atomic E-state index is 0.00759. The van der Waals surface area contributed by atoms with Crippen molar-refractivity contribution in [1.82, 2.24) is 5.32 Å². The van der Waals surface area contributed by atoms with Crippen molar-refractivity contribution < 1.29 is 24.4 Å². The Bertz CT molecular complexity index is 446. The van der Waals surface area contributed by atoms with E-state index in [0.29, 0.717) is 50.6 Å². The third-order valence-corrected chi connectivity index (χ3v) is 3.75. The van der Waals surface area contributed by atoms with Crippen LogP contribution in [0.3, 0.4) is 0 Å². The first kappa shape index (κ1) is 15.9. The Labute approximate surface area is 124 Å². The zero-order valence-electron chi connectivity index (χ0n) is 12.5. The molecule has 0 saturated carbocycles. The molecule has 1 aliphatic rings. The van der Waals surface area contributed by atoms with E-state index >= 15 is 0 Å². The third kappa shape index (κ3) is 4.00. The Hall–Kier alpha value is -1.50. The largest absolute Gasteiger partial charge is 0.502 e. The predicted octanol–water partition coefficient (Wildman–Crippen LogP) is 1.04. The molecule has 6 nitrogen and oxygen atoms in total. The molecular formula is C15H23NO5. The predicted molar refractivity (Wildman–Crippen MR) is 77.9 cm³/mol. The number of rotatable bonds is 6. The summed E-state index contributed by atoms with van der Waals surface area (Å²) in [4.78, 5) is 0. The molecule has 1 saturated heterocycles. The van der Waals surface area contributed by atoms with Crippen molar-refractivity contribution in [2.45, 2.75) is 25.0 Å². The second-order valence-corrected chi connectivity index (χ2v) is 5.29. The van der Waals surface area contributed by atoms with Crippen molar-refractivity contribution in [1.29, 1.82) is 0 Å². The molecule has 118 valence electrons. The Morgan fingerprint density at radius 1 is 1.19 bits per heavy atom. The van der Waals surface area contributed by atoms with E-state index in [2.05, 4.69) is 5.32 Å². The summed E-state index contributed by atoms with van der Waals surface area (Å²) >= 11 is 0. The zero-order chi connectivity index (χ0) is 15.3. The summed E-state index contributed by atoms with van der Waals surface area (Å²) in [5.41, 5.74) is 0.209. The maximum atomic E-state index is 10.4. The number of aromatic hydroxyl groups is 1. The molecule has 0 bridgehead atoms. The van der Waals surface area contributed by atoms with Crippen LogP contribution in [-0.2, 0) is 11.3 Å². The molecule has 1 fully saturated rings. The first-order valence-electron chi connectivity index (χ1n) is 7.03. The first-order valence-corrected chi connectivity index (χ1v) is 7.03. The molecule has 0 radical (unpaired) electrons. The van der Waals surface area contributed by atoms with Gasteiger partial charge < -0.3 is 29.7 Å². The number of ether oxygens (including phenoxy) is 3. The first-order chi connectivity index (χ1) is 10.1. The lowest BCUT2D eigenvalue weighted by molar-refractivity contribution is -0.0617. The Kier molecular flexibility index (Phi) is 5.27. The quantitative estimate of drug-likeness (QED) is 0.728. The molecule has 3 N–H and O–H groups in total. The van der Waals surface area contributed by atoms with Gasteiger partial charge in [0, 0.05) is 39.1 Å². The van der Waals surface area contributed by atoms with Crippen LogP contribution in [0.1, 0.15) is 18.4 Å². The SMILES string of the molecule is COc1cc(CNCC2(O)CCOCC2)cc(OC)c1O. The fraction of sp³-hybridized carbons (Fsp3) is 0.600. The lowest BCUT2D eigenvalue weighted by Gasteiger charge is -2.32. The van der Waals surface area contributed by atoms with Crippen molar-refractivity contribution in [3.05, 3.63) is 17.7 Å².